The summed E-state index contributed by atoms with van der Waals surface area (Å²) in [7, 11) is 0. The summed E-state index contributed by atoms with van der Waals surface area (Å²) >= 11 is 0. The highest BCUT2D eigenvalue weighted by molar-refractivity contribution is 5.81. The van der Waals surface area contributed by atoms with Crippen LogP contribution in [0.5, 0.6) is 11.5 Å². The molecule has 5 heteroatoms. The Kier molecular flexibility index (Phi) is 4.64. The number of esters is 1. The van der Waals surface area contributed by atoms with Gasteiger partial charge in [-0.15, -0.1) is 0 Å². The van der Waals surface area contributed by atoms with Crippen LogP contribution < -0.4 is 14.8 Å². The first-order valence-electron chi connectivity index (χ1n) is 9.48. The van der Waals surface area contributed by atoms with Crippen LogP contribution in [0.3, 0.4) is 0 Å². The zero-order valence-electron chi connectivity index (χ0n) is 14.4. The van der Waals surface area contributed by atoms with E-state index in [1.807, 2.05) is 0 Å². The van der Waals surface area contributed by atoms with Gasteiger partial charge in [-0.25, -0.2) is 0 Å². The molecule has 0 radical (unpaired) electrons. The van der Waals surface area contributed by atoms with Gasteiger partial charge in [-0.05, 0) is 68.2 Å². The summed E-state index contributed by atoms with van der Waals surface area (Å²) in [6.45, 7) is 0.719. The van der Waals surface area contributed by atoms with Gasteiger partial charge in [0, 0.05) is 6.54 Å². The highest BCUT2D eigenvalue weighted by atomic mass is 16.5. The first kappa shape index (κ1) is 16.4. The lowest BCUT2D eigenvalue weighted by molar-refractivity contribution is -0.136. The minimum absolute atomic E-state index is 0.0515. The molecule has 0 spiro atoms. The fraction of sp³-hybridized carbons (Fsp3) is 0.600. The van der Waals surface area contributed by atoms with Crippen molar-refractivity contribution < 1.29 is 19.1 Å². The van der Waals surface area contributed by atoms with Crippen molar-refractivity contribution in [1.82, 2.24) is 5.32 Å². The minimum Gasteiger partial charge on any atom is -0.481 e. The number of ether oxygens (including phenoxy) is 2. The first-order chi connectivity index (χ1) is 12.2. The maximum atomic E-state index is 12.3. The van der Waals surface area contributed by atoms with E-state index in [-0.39, 0.29) is 17.8 Å². The lowest BCUT2D eigenvalue weighted by atomic mass is 10.0. The van der Waals surface area contributed by atoms with E-state index < -0.39 is 6.10 Å². The number of fused-ring (bicyclic) bond motifs is 1. The van der Waals surface area contributed by atoms with E-state index in [2.05, 4.69) is 5.32 Å². The monoisotopic (exact) mass is 343 g/mol. The van der Waals surface area contributed by atoms with Gasteiger partial charge in [0.2, 0.25) is 0 Å². The van der Waals surface area contributed by atoms with E-state index in [9.17, 15) is 9.59 Å². The Bertz CT molecular complexity index is 630. The zero-order valence-corrected chi connectivity index (χ0v) is 14.4. The number of benzene rings is 1. The second-order valence-electron chi connectivity index (χ2n) is 7.42. The smallest absolute Gasteiger partial charge is 0.314 e. The standard InChI is InChI=1S/C20H25NO4/c22-19-17(7-3-4-12-21-19)24-13-8-10-14(11-9-13)25-20(23)18-15-5-1-2-6-16(15)18/h8-11,15-18H,1-7,12H2,(H,21,22)/t15-,16+,17-,18?/m1/s1. The van der Waals surface area contributed by atoms with Crippen molar-refractivity contribution in [2.75, 3.05) is 6.54 Å². The molecule has 4 atom stereocenters. The van der Waals surface area contributed by atoms with Crippen molar-refractivity contribution in [2.24, 2.45) is 17.8 Å². The molecule has 134 valence electrons. The van der Waals surface area contributed by atoms with E-state index >= 15 is 0 Å². The molecule has 3 fully saturated rings. The minimum atomic E-state index is -0.439. The lowest BCUT2D eigenvalue weighted by Crippen LogP contribution is -2.36. The van der Waals surface area contributed by atoms with Crippen molar-refractivity contribution in [3.8, 4) is 11.5 Å². The highest BCUT2D eigenvalue weighted by Crippen LogP contribution is 2.55. The molecule has 1 heterocycles. The molecule has 1 aliphatic heterocycles. The van der Waals surface area contributed by atoms with Crippen molar-refractivity contribution >= 4 is 11.9 Å². The molecule has 1 aromatic rings. The van der Waals surface area contributed by atoms with Gasteiger partial charge in [-0.3, -0.25) is 9.59 Å². The molecular weight excluding hydrogens is 318 g/mol. The fourth-order valence-electron chi connectivity index (χ4n) is 4.30. The van der Waals surface area contributed by atoms with Crippen LogP contribution in [0.4, 0.5) is 0 Å². The Labute approximate surface area is 148 Å². The third kappa shape index (κ3) is 3.65. The van der Waals surface area contributed by atoms with Crippen molar-refractivity contribution in [1.29, 1.82) is 0 Å². The zero-order chi connectivity index (χ0) is 17.2. The van der Waals surface area contributed by atoms with E-state index in [0.29, 0.717) is 23.3 Å². The Morgan fingerprint density at radius 1 is 0.920 bits per heavy atom. The maximum absolute atomic E-state index is 12.3. The second kappa shape index (κ2) is 7.06. The Hall–Kier alpha value is -2.04. The molecule has 1 unspecified atom stereocenters. The number of carbonyl (C=O) groups excluding carboxylic acids is 2. The number of hydrogen-bond donors (Lipinski definition) is 1. The second-order valence-corrected chi connectivity index (χ2v) is 7.42. The Balaban J connectivity index is 1.32. The number of amides is 1. The number of nitrogens with one attached hydrogen (secondary N) is 1. The molecule has 0 aromatic heterocycles. The third-order valence-electron chi connectivity index (χ3n) is 5.73. The third-order valence-corrected chi connectivity index (χ3v) is 5.73. The lowest BCUT2D eigenvalue weighted by Gasteiger charge is -2.16. The first-order valence-corrected chi connectivity index (χ1v) is 9.48. The van der Waals surface area contributed by atoms with Crippen LogP contribution in [0.1, 0.15) is 44.9 Å². The highest BCUT2D eigenvalue weighted by Gasteiger charge is 2.55. The number of carbonyl (C=O) groups is 2. The molecule has 1 saturated heterocycles. The van der Waals surface area contributed by atoms with Crippen molar-refractivity contribution in [3.05, 3.63) is 24.3 Å². The summed E-state index contributed by atoms with van der Waals surface area (Å²) in [5, 5.41) is 2.86. The summed E-state index contributed by atoms with van der Waals surface area (Å²) in [5.41, 5.74) is 0. The summed E-state index contributed by atoms with van der Waals surface area (Å²) in [6.07, 6.45) is 7.07. The fourth-order valence-corrected chi connectivity index (χ4v) is 4.30. The molecule has 2 aliphatic carbocycles. The normalized spacial score (nSPS) is 31.3. The van der Waals surface area contributed by atoms with Crippen molar-refractivity contribution in [2.45, 2.75) is 51.0 Å². The predicted molar refractivity (Wildman–Crippen MR) is 92.3 cm³/mol. The average Bonchev–Trinajstić information content (AvgIpc) is 3.38. The van der Waals surface area contributed by atoms with E-state index in [4.69, 9.17) is 9.47 Å². The molecule has 25 heavy (non-hydrogen) atoms. The number of rotatable bonds is 4. The predicted octanol–water partition coefficient (Wildman–Crippen LogP) is 3.08. The van der Waals surface area contributed by atoms with E-state index in [1.54, 1.807) is 24.3 Å². The maximum Gasteiger partial charge on any atom is 0.314 e. The summed E-state index contributed by atoms with van der Waals surface area (Å²) in [6, 6.07) is 7.02. The summed E-state index contributed by atoms with van der Waals surface area (Å²) in [4.78, 5) is 24.2. The summed E-state index contributed by atoms with van der Waals surface area (Å²) in [5.74, 6) is 2.25. The van der Waals surface area contributed by atoms with Gasteiger partial charge in [-0.2, -0.15) is 0 Å². The van der Waals surface area contributed by atoms with Gasteiger partial charge in [-0.1, -0.05) is 12.8 Å². The molecule has 1 amide bonds. The Morgan fingerprint density at radius 2 is 1.56 bits per heavy atom. The summed E-state index contributed by atoms with van der Waals surface area (Å²) < 4.78 is 11.3. The van der Waals surface area contributed by atoms with Crippen LogP contribution in [-0.2, 0) is 9.59 Å². The molecule has 1 N–H and O–H groups in total. The van der Waals surface area contributed by atoms with Crippen LogP contribution >= 0.6 is 0 Å². The largest absolute Gasteiger partial charge is 0.481 e. The SMILES string of the molecule is O=C(Oc1ccc(O[C@@H]2CCCCNC2=O)cc1)C1[C@H]2CCCC[C@@H]12. The average molecular weight is 343 g/mol. The molecule has 0 bridgehead atoms. The van der Waals surface area contributed by atoms with Gasteiger partial charge < -0.3 is 14.8 Å². The van der Waals surface area contributed by atoms with Crippen LogP contribution in [0.15, 0.2) is 24.3 Å². The quantitative estimate of drug-likeness (QED) is 0.674. The van der Waals surface area contributed by atoms with Crippen LogP contribution in [-0.4, -0.2) is 24.5 Å². The van der Waals surface area contributed by atoms with Crippen LogP contribution in [0.25, 0.3) is 0 Å². The van der Waals surface area contributed by atoms with Gasteiger partial charge in [0.05, 0.1) is 5.92 Å². The van der Waals surface area contributed by atoms with Gasteiger partial charge in [0.15, 0.2) is 6.10 Å². The van der Waals surface area contributed by atoms with E-state index in [1.165, 1.54) is 25.7 Å². The van der Waals surface area contributed by atoms with Crippen molar-refractivity contribution in [3.63, 3.8) is 0 Å². The van der Waals surface area contributed by atoms with Crippen LogP contribution in [0, 0.1) is 17.8 Å². The Morgan fingerprint density at radius 3 is 2.28 bits per heavy atom. The van der Waals surface area contributed by atoms with Crippen LogP contribution in [0.2, 0.25) is 0 Å². The van der Waals surface area contributed by atoms with Gasteiger partial charge in [0.1, 0.15) is 11.5 Å². The molecule has 4 rings (SSSR count). The molecule has 5 nitrogen and oxygen atoms in total. The molecule has 3 aliphatic rings. The topological polar surface area (TPSA) is 64.6 Å². The van der Waals surface area contributed by atoms with Gasteiger partial charge >= 0.3 is 5.97 Å². The molecule has 1 aromatic carbocycles. The number of hydrogen-bond acceptors (Lipinski definition) is 4. The molecule has 2 saturated carbocycles. The van der Waals surface area contributed by atoms with E-state index in [0.717, 1.165) is 25.8 Å². The molecular formula is C20H25NO4. The van der Waals surface area contributed by atoms with Gasteiger partial charge in [0.25, 0.3) is 5.91 Å².